The lowest BCUT2D eigenvalue weighted by atomic mass is 9.99. The maximum absolute atomic E-state index is 13.2. The topological polar surface area (TPSA) is 624 Å². The number of esters is 3. The second kappa shape index (κ2) is 34.2. The number of aromatic hydroxyl groups is 3. The number of aliphatic hydroxyl groups is 17. The molecule has 5 aliphatic rings. The number of fused-ring (bicyclic) bond motifs is 1. The van der Waals surface area contributed by atoms with Crippen LogP contribution in [0.15, 0.2) is 95.4 Å². The SMILES string of the molecule is O=C(O)CC(=O)OCC1O[C@@H](Oc2cc3c(O)cc(O)cc3[o+]c2-c2cc(O[C@@H]3O[C@H](COC(=O)/C=C/c4ccc(O[C@@H]5O[C@H](COC(=O)/C=C/c6ccc(O[C@@H]7OC(CO)[C@@H](O)[C@H](O)C7O)cc6)[C@@H](O)C(O)C5O)cc4)[C@@H](O)C(O)C3O)c(O)c(O[C@@H]3OC(CO)[C@@H](O)[C@H](O)C3O)c2)C(O)[C@@H](O)[C@@H]1O. The van der Waals surface area contributed by atoms with Crippen LogP contribution in [0.1, 0.15) is 17.5 Å². The van der Waals surface area contributed by atoms with Gasteiger partial charge in [-0.1, -0.05) is 24.3 Å². The predicted octanol–water partition coefficient (Wildman–Crippen LogP) is -6.05. The molecule has 0 radical (unpaired) electrons. The van der Waals surface area contributed by atoms with Crippen molar-refractivity contribution in [1.29, 1.82) is 0 Å². The van der Waals surface area contributed by atoms with Gasteiger partial charge in [-0.05, 0) is 47.5 Å². The number of carboxylic acid groups (broad SMARTS) is 1. The molecule has 5 saturated heterocycles. The Labute approximate surface area is 590 Å². The minimum Gasteiger partial charge on any atom is -0.507 e. The first-order valence-electron chi connectivity index (χ1n) is 31.9. The van der Waals surface area contributed by atoms with Crippen molar-refractivity contribution in [3.8, 4) is 57.3 Å². The number of hydrogen-bond acceptors (Lipinski definition) is 37. The third kappa shape index (κ3) is 18.4. The highest BCUT2D eigenvalue weighted by atomic mass is 16.7. The molecule has 6 heterocycles. The van der Waals surface area contributed by atoms with Crippen LogP contribution in [0.4, 0.5) is 0 Å². The van der Waals surface area contributed by atoms with Crippen LogP contribution in [-0.4, -0.2) is 318 Å². The number of carbonyl (C=O) groups is 4. The molecule has 25 atom stereocenters. The molecule has 39 nitrogen and oxygen atoms in total. The highest BCUT2D eigenvalue weighted by Crippen LogP contribution is 2.48. The molecular formula is C66H75O39+. The normalized spacial score (nSPS) is 33.6. The molecule has 39 heteroatoms. The minimum absolute atomic E-state index is 0.0268. The minimum atomic E-state index is -2.23. The first-order valence-corrected chi connectivity index (χ1v) is 31.9. The van der Waals surface area contributed by atoms with Gasteiger partial charge in [0.25, 0.3) is 0 Å². The van der Waals surface area contributed by atoms with Gasteiger partial charge in [-0.2, -0.15) is 0 Å². The summed E-state index contributed by atoms with van der Waals surface area (Å²) in [5.74, 6) is -9.85. The summed E-state index contributed by atoms with van der Waals surface area (Å²) >= 11 is 0. The van der Waals surface area contributed by atoms with Gasteiger partial charge in [0, 0.05) is 36.4 Å². The molecule has 0 spiro atoms. The first-order chi connectivity index (χ1) is 49.9. The monoisotopic (exact) mass is 1490 g/mol. The Morgan fingerprint density at radius 2 is 0.762 bits per heavy atom. The van der Waals surface area contributed by atoms with Crippen molar-refractivity contribution in [2.45, 2.75) is 160 Å². The van der Waals surface area contributed by atoms with Crippen molar-refractivity contribution in [1.82, 2.24) is 0 Å². The zero-order valence-electron chi connectivity index (χ0n) is 54.2. The van der Waals surface area contributed by atoms with E-state index in [1.165, 1.54) is 60.7 Å². The van der Waals surface area contributed by atoms with Crippen LogP contribution in [0, 0.1) is 0 Å². The van der Waals surface area contributed by atoms with Crippen molar-refractivity contribution >= 4 is 47.0 Å². The predicted molar refractivity (Wildman–Crippen MR) is 338 cm³/mol. The Kier molecular flexibility index (Phi) is 25.6. The number of rotatable bonds is 25. The number of aliphatic hydroxyl groups excluding tert-OH is 17. The number of aliphatic carboxylic acids is 1. The zero-order valence-corrected chi connectivity index (χ0v) is 54.2. The average Bonchev–Trinajstić information content (AvgIpc) is 0.761. The van der Waals surface area contributed by atoms with Crippen molar-refractivity contribution < 1.29 is 192 Å². The number of phenols is 3. The Balaban J connectivity index is 0.799. The Morgan fingerprint density at radius 3 is 1.14 bits per heavy atom. The van der Waals surface area contributed by atoms with Gasteiger partial charge in [0.2, 0.25) is 42.9 Å². The fraction of sp³-hybridized carbons (Fsp3) is 0.470. The van der Waals surface area contributed by atoms with Crippen LogP contribution in [0.3, 0.4) is 0 Å². The Morgan fingerprint density at radius 1 is 0.410 bits per heavy atom. The summed E-state index contributed by atoms with van der Waals surface area (Å²) in [6, 6.07) is 16.1. The molecule has 1 aromatic heterocycles. The second-order valence-electron chi connectivity index (χ2n) is 24.5. The third-order valence-electron chi connectivity index (χ3n) is 17.1. The van der Waals surface area contributed by atoms with E-state index in [-0.39, 0.29) is 22.5 Å². The number of phenolic OH excluding ortho intramolecular Hbond substituents is 3. The van der Waals surface area contributed by atoms with E-state index in [2.05, 4.69) is 0 Å². The first kappa shape index (κ1) is 78.8. The lowest BCUT2D eigenvalue weighted by Gasteiger charge is -2.40. The van der Waals surface area contributed by atoms with Gasteiger partial charge in [0.15, 0.2) is 11.5 Å². The Hall–Kier alpha value is -8.83. The number of hydrogen-bond donors (Lipinski definition) is 21. The summed E-state index contributed by atoms with van der Waals surface area (Å²) in [4.78, 5) is 49.1. The number of ether oxygens (including phenoxy) is 13. The summed E-state index contributed by atoms with van der Waals surface area (Å²) in [7, 11) is 0. The number of benzene rings is 4. The fourth-order valence-corrected chi connectivity index (χ4v) is 11.2. The van der Waals surface area contributed by atoms with Gasteiger partial charge in [0.05, 0.1) is 24.8 Å². The van der Waals surface area contributed by atoms with Gasteiger partial charge in [-0.3, -0.25) is 9.59 Å². The van der Waals surface area contributed by atoms with Crippen molar-refractivity contribution in [3.63, 3.8) is 0 Å². The molecule has 572 valence electrons. The maximum Gasteiger partial charge on any atom is 0.402 e. The quantitative estimate of drug-likeness (QED) is 0.00850. The molecule has 10 rings (SSSR count). The Bertz CT molecular complexity index is 3870. The lowest BCUT2D eigenvalue weighted by Crippen LogP contribution is -2.60. The number of carboxylic acids is 1. The van der Waals surface area contributed by atoms with Crippen molar-refractivity contribution in [2.24, 2.45) is 0 Å². The van der Waals surface area contributed by atoms with Gasteiger partial charge >= 0.3 is 35.2 Å². The molecule has 4 aromatic carbocycles. The van der Waals surface area contributed by atoms with E-state index in [4.69, 9.17) is 71.1 Å². The molecule has 5 aliphatic heterocycles. The van der Waals surface area contributed by atoms with Gasteiger partial charge in [-0.25, -0.2) is 14.0 Å². The molecule has 0 amide bonds. The largest absolute Gasteiger partial charge is 0.507 e. The van der Waals surface area contributed by atoms with Crippen LogP contribution >= 0.6 is 0 Å². The molecule has 5 fully saturated rings. The zero-order chi connectivity index (χ0) is 76.0. The van der Waals surface area contributed by atoms with Crippen molar-refractivity contribution in [2.75, 3.05) is 33.0 Å². The molecule has 0 saturated carbocycles. The number of carbonyl (C=O) groups excluding carboxylic acids is 3. The highest BCUT2D eigenvalue weighted by Gasteiger charge is 2.51. The van der Waals surface area contributed by atoms with E-state index in [0.29, 0.717) is 11.1 Å². The smallest absolute Gasteiger partial charge is 0.402 e. The summed E-state index contributed by atoms with van der Waals surface area (Å²) in [6.07, 6.45) is -42.9. The summed E-state index contributed by atoms with van der Waals surface area (Å²) in [5.41, 5.74) is 0.0182. The summed E-state index contributed by atoms with van der Waals surface area (Å²) in [6.45, 7) is -4.04. The van der Waals surface area contributed by atoms with E-state index >= 15 is 0 Å². The molecule has 0 aliphatic carbocycles. The molecular weight excluding hydrogens is 1420 g/mol. The standard InChI is InChI=1S/C66H74O39/c67-19-36-46(77)51(82)56(87)62(101-36)95-28-7-1-24(2-8-28)5-11-42(73)92-21-38-48(79)53(84)57(88)63(103-38)96-29-9-3-25(4-10-29)6-12-43(74)93-22-39-49(80)54(85)59(90)65(104-39)99-34-14-26(13-33(45(34)76)98-64-58(89)52(83)47(78)37(20-68)102-64)61-35(17-30-31(70)15-27(69)16-32(30)97-61)100-66-60(91)55(86)50(81)40(105-66)23-94-44(75)18-41(71)72/h1-17,36-40,46-60,62-68,77-91H,18-23H2,(H3-,69,70,71,72,76)/p+1/b11-5+,12-6+/t36?,37?,38-,39-,40?,46-,47-,48-,49-,50-,51+,52+,53?,54?,55+,56?,57?,58?,59?,60?,62-,63-,64-,65-,66-/m1/s1. The molecule has 21 N–H and O–H groups in total. The summed E-state index contributed by atoms with van der Waals surface area (Å²) in [5, 5.41) is 222. The van der Waals surface area contributed by atoms with Crippen LogP contribution in [0.2, 0.25) is 0 Å². The van der Waals surface area contributed by atoms with Crippen LogP contribution in [-0.2, 0) is 57.1 Å². The third-order valence-corrected chi connectivity index (χ3v) is 17.1. The van der Waals surface area contributed by atoms with E-state index in [1.807, 2.05) is 0 Å². The van der Waals surface area contributed by atoms with Crippen molar-refractivity contribution in [3.05, 3.63) is 102 Å². The maximum atomic E-state index is 13.2. The highest BCUT2D eigenvalue weighted by molar-refractivity contribution is 5.91. The molecule has 5 aromatic rings. The van der Waals surface area contributed by atoms with Gasteiger partial charge in [0.1, 0.15) is 177 Å². The molecule has 10 unspecified atom stereocenters. The van der Waals surface area contributed by atoms with E-state index in [9.17, 15) is 121 Å². The molecule has 105 heavy (non-hydrogen) atoms. The fourth-order valence-electron chi connectivity index (χ4n) is 11.2. The van der Waals surface area contributed by atoms with Gasteiger partial charge in [-0.15, -0.1) is 0 Å². The summed E-state index contributed by atoms with van der Waals surface area (Å²) < 4.78 is 78.5. The van der Waals surface area contributed by atoms with E-state index < -0.39 is 263 Å². The van der Waals surface area contributed by atoms with Gasteiger partial charge < -0.3 is 169 Å². The van der Waals surface area contributed by atoms with E-state index in [1.54, 1.807) is 0 Å². The molecule has 0 bridgehead atoms. The van der Waals surface area contributed by atoms with Crippen LogP contribution in [0.25, 0.3) is 34.4 Å². The van der Waals surface area contributed by atoms with Crippen LogP contribution < -0.4 is 23.7 Å². The average molecular weight is 1490 g/mol. The van der Waals surface area contributed by atoms with Crippen LogP contribution in [0.5, 0.6) is 46.0 Å². The lowest BCUT2D eigenvalue weighted by molar-refractivity contribution is -0.279. The van der Waals surface area contributed by atoms with E-state index in [0.717, 1.165) is 42.5 Å². The second-order valence-corrected chi connectivity index (χ2v) is 24.5.